The van der Waals surface area contributed by atoms with Crippen molar-refractivity contribution in [1.82, 2.24) is 0 Å². The third kappa shape index (κ3) is 1.01. The predicted octanol–water partition coefficient (Wildman–Crippen LogP) is 0.489. The second-order valence-electron chi connectivity index (χ2n) is 3.21. The quantitative estimate of drug-likeness (QED) is 0.300. The van der Waals surface area contributed by atoms with Gasteiger partial charge in [0.15, 0.2) is 0 Å². The average molecular weight is 115 g/mol. The SMILES string of the molecule is C[N+](C)(N)C1CCC1. The fourth-order valence-corrected chi connectivity index (χ4v) is 1.05. The highest BCUT2D eigenvalue weighted by molar-refractivity contribution is 4.68. The van der Waals surface area contributed by atoms with Gasteiger partial charge in [-0.05, 0) is 6.42 Å². The topological polar surface area (TPSA) is 26.0 Å². The van der Waals surface area contributed by atoms with Crippen molar-refractivity contribution in [3.63, 3.8) is 0 Å². The molecule has 0 radical (unpaired) electrons. The third-order valence-electron chi connectivity index (χ3n) is 2.02. The maximum atomic E-state index is 5.78. The van der Waals surface area contributed by atoms with E-state index in [4.69, 9.17) is 5.84 Å². The van der Waals surface area contributed by atoms with Crippen LogP contribution < -0.4 is 5.84 Å². The van der Waals surface area contributed by atoms with Gasteiger partial charge in [-0.25, -0.2) is 0 Å². The van der Waals surface area contributed by atoms with Crippen molar-refractivity contribution >= 4 is 0 Å². The van der Waals surface area contributed by atoms with E-state index < -0.39 is 0 Å². The molecule has 8 heavy (non-hydrogen) atoms. The van der Waals surface area contributed by atoms with Crippen molar-refractivity contribution in [3.05, 3.63) is 0 Å². The van der Waals surface area contributed by atoms with Gasteiger partial charge >= 0.3 is 0 Å². The lowest BCUT2D eigenvalue weighted by molar-refractivity contribution is -0.932. The van der Waals surface area contributed by atoms with Gasteiger partial charge < -0.3 is 0 Å². The summed E-state index contributed by atoms with van der Waals surface area (Å²) in [5.74, 6) is 5.78. The van der Waals surface area contributed by atoms with E-state index in [2.05, 4.69) is 14.1 Å². The van der Waals surface area contributed by atoms with Gasteiger partial charge in [-0.2, -0.15) is 5.84 Å². The van der Waals surface area contributed by atoms with E-state index in [0.29, 0.717) is 4.59 Å². The number of hydrogen-bond donors (Lipinski definition) is 1. The molecule has 0 spiro atoms. The molecule has 48 valence electrons. The zero-order valence-electron chi connectivity index (χ0n) is 5.72. The minimum absolute atomic E-state index is 0.667. The van der Waals surface area contributed by atoms with E-state index in [9.17, 15) is 0 Å². The lowest BCUT2D eigenvalue weighted by atomic mass is 9.92. The van der Waals surface area contributed by atoms with Crippen molar-refractivity contribution in [2.24, 2.45) is 5.84 Å². The molecule has 2 nitrogen and oxygen atoms in total. The van der Waals surface area contributed by atoms with Crippen LogP contribution in [0.4, 0.5) is 0 Å². The van der Waals surface area contributed by atoms with Gasteiger partial charge in [-0.3, -0.25) is 4.59 Å². The van der Waals surface area contributed by atoms with E-state index >= 15 is 0 Å². The smallest absolute Gasteiger partial charge is 0.106 e. The Morgan fingerprint density at radius 3 is 1.88 bits per heavy atom. The van der Waals surface area contributed by atoms with E-state index in [0.717, 1.165) is 6.04 Å². The summed E-state index contributed by atoms with van der Waals surface area (Å²) in [6, 6.07) is 0.745. The summed E-state index contributed by atoms with van der Waals surface area (Å²) in [5.41, 5.74) is 0. The van der Waals surface area contributed by atoms with Gasteiger partial charge in [-0.15, -0.1) is 0 Å². The first-order chi connectivity index (χ1) is 3.61. The number of nitrogens with two attached hydrogens (primary N) is 1. The van der Waals surface area contributed by atoms with Crippen LogP contribution in [0.5, 0.6) is 0 Å². The van der Waals surface area contributed by atoms with Gasteiger partial charge in [0.25, 0.3) is 0 Å². The van der Waals surface area contributed by atoms with Crippen LogP contribution in [0.15, 0.2) is 0 Å². The molecule has 0 amide bonds. The zero-order chi connectivity index (χ0) is 6.20. The van der Waals surface area contributed by atoms with Crippen LogP contribution in [0, 0.1) is 0 Å². The van der Waals surface area contributed by atoms with Crippen molar-refractivity contribution < 1.29 is 4.59 Å². The van der Waals surface area contributed by atoms with Gasteiger partial charge in [0.1, 0.15) is 6.04 Å². The van der Waals surface area contributed by atoms with E-state index in [1.54, 1.807) is 0 Å². The summed E-state index contributed by atoms with van der Waals surface area (Å²) in [7, 11) is 4.12. The second kappa shape index (κ2) is 1.71. The van der Waals surface area contributed by atoms with Gasteiger partial charge in [0.2, 0.25) is 0 Å². The number of hydrogen-bond acceptors (Lipinski definition) is 1. The van der Waals surface area contributed by atoms with Gasteiger partial charge in [0.05, 0.1) is 14.1 Å². The Bertz CT molecular complexity index is 79.0. The Hall–Kier alpha value is -0.0800. The Balaban J connectivity index is 2.34. The summed E-state index contributed by atoms with van der Waals surface area (Å²) in [6.45, 7) is 0. The molecule has 1 aliphatic rings. The first kappa shape index (κ1) is 6.05. The van der Waals surface area contributed by atoms with Crippen LogP contribution in [-0.2, 0) is 0 Å². The summed E-state index contributed by atoms with van der Waals surface area (Å²) in [6.07, 6.45) is 4.02. The van der Waals surface area contributed by atoms with Crippen LogP contribution in [-0.4, -0.2) is 24.7 Å². The molecular weight excluding hydrogens is 100 g/mol. The molecule has 0 unspecified atom stereocenters. The molecule has 0 bridgehead atoms. The lowest BCUT2D eigenvalue weighted by Gasteiger charge is -2.37. The number of quaternary nitrogens is 1. The highest BCUT2D eigenvalue weighted by Gasteiger charge is 2.30. The monoisotopic (exact) mass is 115 g/mol. The molecule has 0 aromatic heterocycles. The van der Waals surface area contributed by atoms with Crippen LogP contribution in [0.25, 0.3) is 0 Å². The van der Waals surface area contributed by atoms with Crippen LogP contribution in [0.2, 0.25) is 0 Å². The number of nitrogens with zero attached hydrogens (tertiary/aromatic N) is 1. The van der Waals surface area contributed by atoms with Crippen LogP contribution in [0.3, 0.4) is 0 Å². The molecule has 0 aliphatic heterocycles. The summed E-state index contributed by atoms with van der Waals surface area (Å²) in [4.78, 5) is 0. The molecule has 0 atom stereocenters. The predicted molar refractivity (Wildman–Crippen MR) is 33.9 cm³/mol. The van der Waals surface area contributed by atoms with Crippen molar-refractivity contribution in [2.45, 2.75) is 25.3 Å². The molecule has 2 N–H and O–H groups in total. The lowest BCUT2D eigenvalue weighted by Crippen LogP contribution is -2.57. The molecule has 1 rings (SSSR count). The largest absolute Gasteiger partial charge is 0.251 e. The Morgan fingerprint density at radius 2 is 1.88 bits per heavy atom. The molecular formula is C6H15N2+. The van der Waals surface area contributed by atoms with E-state index in [1.807, 2.05) is 0 Å². The van der Waals surface area contributed by atoms with Crippen LogP contribution >= 0.6 is 0 Å². The minimum Gasteiger partial charge on any atom is -0.251 e. The molecule has 0 aromatic carbocycles. The van der Waals surface area contributed by atoms with Crippen molar-refractivity contribution in [3.8, 4) is 0 Å². The van der Waals surface area contributed by atoms with E-state index in [-0.39, 0.29) is 0 Å². The molecule has 1 saturated carbocycles. The average Bonchev–Trinajstić information content (AvgIpc) is 1.16. The highest BCUT2D eigenvalue weighted by atomic mass is 15.6. The minimum atomic E-state index is 0.667. The third-order valence-corrected chi connectivity index (χ3v) is 2.02. The maximum absolute atomic E-state index is 5.78. The van der Waals surface area contributed by atoms with Gasteiger partial charge in [0, 0.05) is 12.8 Å². The second-order valence-corrected chi connectivity index (χ2v) is 3.21. The summed E-state index contributed by atoms with van der Waals surface area (Å²) >= 11 is 0. The Morgan fingerprint density at radius 1 is 1.38 bits per heavy atom. The Kier molecular flexibility index (Phi) is 1.29. The first-order valence-electron chi connectivity index (χ1n) is 3.23. The summed E-state index contributed by atoms with van der Waals surface area (Å²) in [5, 5.41) is 0. The van der Waals surface area contributed by atoms with E-state index in [1.165, 1.54) is 19.3 Å². The van der Waals surface area contributed by atoms with Crippen molar-refractivity contribution in [2.75, 3.05) is 14.1 Å². The fourth-order valence-electron chi connectivity index (χ4n) is 1.05. The van der Waals surface area contributed by atoms with Crippen LogP contribution in [0.1, 0.15) is 19.3 Å². The Labute approximate surface area is 50.8 Å². The first-order valence-corrected chi connectivity index (χ1v) is 3.23. The number of rotatable bonds is 1. The molecule has 0 heterocycles. The standard InChI is InChI=1S/C6H15N2/c1-8(2,7)6-4-3-5-6/h6H,3-5,7H2,1-2H3/q+1. The zero-order valence-corrected chi connectivity index (χ0v) is 5.72. The maximum Gasteiger partial charge on any atom is 0.106 e. The molecule has 0 aromatic rings. The molecule has 0 saturated heterocycles. The van der Waals surface area contributed by atoms with Crippen molar-refractivity contribution in [1.29, 1.82) is 0 Å². The highest BCUT2D eigenvalue weighted by Crippen LogP contribution is 2.24. The molecule has 2 heteroatoms. The fraction of sp³-hybridized carbons (Fsp3) is 1.00. The summed E-state index contributed by atoms with van der Waals surface area (Å²) < 4.78 is 0.667. The van der Waals surface area contributed by atoms with Gasteiger partial charge in [-0.1, -0.05) is 0 Å². The normalized spacial score (nSPS) is 22.9. The molecule has 1 aliphatic carbocycles. The molecule has 1 fully saturated rings.